The van der Waals surface area contributed by atoms with E-state index in [1.54, 1.807) is 12.1 Å². The number of nitrogens with one attached hydrogen (secondary N) is 1. The van der Waals surface area contributed by atoms with Crippen LogP contribution in [0.3, 0.4) is 0 Å². The van der Waals surface area contributed by atoms with Gasteiger partial charge in [0.15, 0.2) is 0 Å². The number of halogens is 1. The van der Waals surface area contributed by atoms with Crippen molar-refractivity contribution in [3.8, 4) is 11.4 Å². The molecule has 2 aromatic carbocycles. The molecule has 106 valence electrons. The zero-order valence-corrected chi connectivity index (χ0v) is 11.9. The van der Waals surface area contributed by atoms with Crippen LogP contribution in [0, 0.1) is 5.82 Å². The largest absolute Gasteiger partial charge is 0.324 e. The van der Waals surface area contributed by atoms with Gasteiger partial charge in [0.25, 0.3) is 0 Å². The van der Waals surface area contributed by atoms with Crippen molar-refractivity contribution in [2.45, 2.75) is 26.6 Å². The van der Waals surface area contributed by atoms with E-state index in [1.165, 1.54) is 17.2 Å². The van der Waals surface area contributed by atoms with Gasteiger partial charge in [-0.15, -0.1) is 0 Å². The molecule has 4 heteroatoms. The SMILES string of the molecule is CCn1c(-c2ccc3c(c2)CNC3)nc2ccc(F)cc21. The highest BCUT2D eigenvalue weighted by Gasteiger charge is 2.15. The van der Waals surface area contributed by atoms with E-state index in [2.05, 4.69) is 35.0 Å². The first-order valence-electron chi connectivity index (χ1n) is 7.25. The molecule has 0 spiro atoms. The van der Waals surface area contributed by atoms with E-state index in [9.17, 15) is 4.39 Å². The molecule has 21 heavy (non-hydrogen) atoms. The number of hydrogen-bond donors (Lipinski definition) is 1. The van der Waals surface area contributed by atoms with Crippen LogP contribution in [0.4, 0.5) is 4.39 Å². The average Bonchev–Trinajstić information content (AvgIpc) is 3.09. The van der Waals surface area contributed by atoms with Gasteiger partial charge in [0.2, 0.25) is 0 Å². The number of imidazole rings is 1. The summed E-state index contributed by atoms with van der Waals surface area (Å²) in [6.45, 7) is 4.67. The highest BCUT2D eigenvalue weighted by molar-refractivity contribution is 5.81. The van der Waals surface area contributed by atoms with Crippen molar-refractivity contribution in [2.24, 2.45) is 0 Å². The fourth-order valence-corrected chi connectivity index (χ4v) is 3.07. The molecule has 0 saturated heterocycles. The van der Waals surface area contributed by atoms with Crippen LogP contribution in [0.15, 0.2) is 36.4 Å². The number of nitrogens with zero attached hydrogens (tertiary/aromatic N) is 2. The summed E-state index contributed by atoms with van der Waals surface area (Å²) < 4.78 is 15.6. The molecule has 0 atom stereocenters. The zero-order valence-electron chi connectivity index (χ0n) is 11.9. The van der Waals surface area contributed by atoms with Crippen molar-refractivity contribution in [1.29, 1.82) is 0 Å². The zero-order chi connectivity index (χ0) is 14.4. The Morgan fingerprint density at radius 1 is 1.14 bits per heavy atom. The molecule has 1 aliphatic rings. The minimum absolute atomic E-state index is 0.221. The third-order valence-electron chi connectivity index (χ3n) is 4.12. The Balaban J connectivity index is 1.93. The summed E-state index contributed by atoms with van der Waals surface area (Å²) in [6.07, 6.45) is 0. The summed E-state index contributed by atoms with van der Waals surface area (Å²) in [6, 6.07) is 11.2. The smallest absolute Gasteiger partial charge is 0.141 e. The van der Waals surface area contributed by atoms with Gasteiger partial charge in [-0.1, -0.05) is 12.1 Å². The quantitative estimate of drug-likeness (QED) is 0.779. The van der Waals surface area contributed by atoms with Crippen LogP contribution in [0.1, 0.15) is 18.1 Å². The van der Waals surface area contributed by atoms with Gasteiger partial charge in [-0.2, -0.15) is 0 Å². The molecule has 0 bridgehead atoms. The molecule has 4 rings (SSSR count). The predicted molar refractivity (Wildman–Crippen MR) is 81.3 cm³/mol. The maximum atomic E-state index is 13.5. The van der Waals surface area contributed by atoms with E-state index in [1.807, 2.05) is 0 Å². The third-order valence-corrected chi connectivity index (χ3v) is 4.12. The van der Waals surface area contributed by atoms with E-state index >= 15 is 0 Å². The van der Waals surface area contributed by atoms with Gasteiger partial charge < -0.3 is 9.88 Å². The van der Waals surface area contributed by atoms with Crippen molar-refractivity contribution in [3.63, 3.8) is 0 Å². The summed E-state index contributed by atoms with van der Waals surface area (Å²) in [4.78, 5) is 4.70. The van der Waals surface area contributed by atoms with Gasteiger partial charge in [-0.3, -0.25) is 0 Å². The van der Waals surface area contributed by atoms with E-state index in [0.29, 0.717) is 0 Å². The Kier molecular flexibility index (Phi) is 2.79. The minimum atomic E-state index is -0.221. The van der Waals surface area contributed by atoms with E-state index in [-0.39, 0.29) is 5.82 Å². The fourth-order valence-electron chi connectivity index (χ4n) is 3.07. The van der Waals surface area contributed by atoms with Gasteiger partial charge in [0, 0.05) is 25.2 Å². The molecule has 3 aromatic rings. The summed E-state index contributed by atoms with van der Waals surface area (Å²) in [5, 5.41) is 3.35. The standard InChI is InChI=1S/C17H16FN3/c1-2-21-16-8-14(18)5-6-15(16)20-17(21)11-3-4-12-9-19-10-13(12)7-11/h3-8,19H,2,9-10H2,1H3. The highest BCUT2D eigenvalue weighted by atomic mass is 19.1. The summed E-state index contributed by atoms with van der Waals surface area (Å²) >= 11 is 0. The first kappa shape index (κ1) is 12.5. The maximum absolute atomic E-state index is 13.5. The topological polar surface area (TPSA) is 29.9 Å². The number of fused-ring (bicyclic) bond motifs is 2. The molecular formula is C17H16FN3. The lowest BCUT2D eigenvalue weighted by atomic mass is 10.1. The van der Waals surface area contributed by atoms with Crippen LogP contribution < -0.4 is 5.32 Å². The molecule has 1 aliphatic heterocycles. The Morgan fingerprint density at radius 2 is 2.00 bits per heavy atom. The van der Waals surface area contributed by atoms with E-state index < -0.39 is 0 Å². The molecule has 1 aromatic heterocycles. The fraction of sp³-hybridized carbons (Fsp3) is 0.235. The Hall–Kier alpha value is -2.20. The number of hydrogen-bond acceptors (Lipinski definition) is 2. The van der Waals surface area contributed by atoms with Crippen LogP contribution in [-0.2, 0) is 19.6 Å². The number of aryl methyl sites for hydroxylation is 1. The van der Waals surface area contributed by atoms with E-state index in [4.69, 9.17) is 4.98 Å². The second-order valence-corrected chi connectivity index (χ2v) is 5.40. The van der Waals surface area contributed by atoms with Crippen molar-refractivity contribution in [1.82, 2.24) is 14.9 Å². The number of rotatable bonds is 2. The van der Waals surface area contributed by atoms with Crippen molar-refractivity contribution >= 4 is 11.0 Å². The minimum Gasteiger partial charge on any atom is -0.324 e. The first-order valence-corrected chi connectivity index (χ1v) is 7.25. The van der Waals surface area contributed by atoms with Crippen LogP contribution in [0.5, 0.6) is 0 Å². The van der Waals surface area contributed by atoms with Gasteiger partial charge in [0.1, 0.15) is 11.6 Å². The van der Waals surface area contributed by atoms with Crippen LogP contribution in [-0.4, -0.2) is 9.55 Å². The van der Waals surface area contributed by atoms with Crippen LogP contribution in [0.25, 0.3) is 22.4 Å². The molecule has 0 fully saturated rings. The summed E-state index contributed by atoms with van der Waals surface area (Å²) in [5.74, 6) is 0.689. The first-order chi connectivity index (χ1) is 10.3. The molecule has 1 N–H and O–H groups in total. The van der Waals surface area contributed by atoms with Crippen molar-refractivity contribution in [3.05, 3.63) is 53.3 Å². The lowest BCUT2D eigenvalue weighted by Crippen LogP contribution is -2.00. The Morgan fingerprint density at radius 3 is 2.86 bits per heavy atom. The van der Waals surface area contributed by atoms with Crippen LogP contribution in [0.2, 0.25) is 0 Å². The predicted octanol–water partition coefficient (Wildman–Crippen LogP) is 3.47. The molecule has 2 heterocycles. The highest BCUT2D eigenvalue weighted by Crippen LogP contribution is 2.28. The molecule has 0 unspecified atom stereocenters. The lowest BCUT2D eigenvalue weighted by molar-refractivity contribution is 0.628. The molecular weight excluding hydrogens is 265 g/mol. The van der Waals surface area contributed by atoms with Gasteiger partial charge in [-0.05, 0) is 42.3 Å². The molecule has 0 saturated carbocycles. The second kappa shape index (κ2) is 4.67. The monoisotopic (exact) mass is 281 g/mol. The number of benzene rings is 2. The van der Waals surface area contributed by atoms with Gasteiger partial charge in [0.05, 0.1) is 11.0 Å². The molecule has 0 aliphatic carbocycles. The van der Waals surface area contributed by atoms with Crippen molar-refractivity contribution < 1.29 is 4.39 Å². The average molecular weight is 281 g/mol. The normalized spacial score (nSPS) is 13.8. The Labute approximate surface area is 122 Å². The third kappa shape index (κ3) is 1.94. The molecule has 3 nitrogen and oxygen atoms in total. The Bertz CT molecular complexity index is 835. The summed E-state index contributed by atoms with van der Waals surface area (Å²) in [5.41, 5.74) is 5.46. The summed E-state index contributed by atoms with van der Waals surface area (Å²) in [7, 11) is 0. The molecule has 0 amide bonds. The maximum Gasteiger partial charge on any atom is 0.141 e. The lowest BCUT2D eigenvalue weighted by Gasteiger charge is -2.07. The number of aromatic nitrogens is 2. The van der Waals surface area contributed by atoms with Crippen LogP contribution >= 0.6 is 0 Å². The van der Waals surface area contributed by atoms with Gasteiger partial charge >= 0.3 is 0 Å². The molecule has 0 radical (unpaired) electrons. The van der Waals surface area contributed by atoms with Crippen molar-refractivity contribution in [2.75, 3.05) is 0 Å². The van der Waals surface area contributed by atoms with E-state index in [0.717, 1.165) is 42.1 Å². The van der Waals surface area contributed by atoms with Gasteiger partial charge in [-0.25, -0.2) is 9.37 Å². The second-order valence-electron chi connectivity index (χ2n) is 5.40.